The van der Waals surface area contributed by atoms with Crippen LogP contribution in [0.25, 0.3) is 0 Å². The molecule has 1 aliphatic rings. The largest absolute Gasteiger partial charge is 0.476 e. The fraction of sp³-hybridized carbons (Fsp3) is 0.846. The molecule has 0 amide bonds. The molecule has 1 rings (SSSR count). The predicted octanol–water partition coefficient (Wildman–Crippen LogP) is 0.0248. The van der Waals surface area contributed by atoms with Gasteiger partial charge in [0.2, 0.25) is 5.78 Å². The highest BCUT2D eigenvalue weighted by Crippen LogP contribution is 2.13. The molecule has 1 saturated heterocycles. The number of carbonyl (C=O) groups excluding carboxylic acids is 1. The predicted molar refractivity (Wildman–Crippen MR) is 76.9 cm³/mol. The van der Waals surface area contributed by atoms with E-state index in [9.17, 15) is 19.7 Å². The molecule has 0 aromatic heterocycles. The summed E-state index contributed by atoms with van der Waals surface area (Å²) in [5, 5.41) is 17.9. The fourth-order valence-corrected chi connectivity index (χ4v) is 2.61. The number of ketones is 1. The lowest BCUT2D eigenvalue weighted by molar-refractivity contribution is -0.757. The maximum atomic E-state index is 11.3. The Morgan fingerprint density at radius 3 is 2.45 bits per heavy atom. The number of aliphatic carboxylic acids is 1. The molecule has 1 atom stereocenters. The molecule has 22 heavy (non-hydrogen) atoms. The molecule has 1 aliphatic heterocycles. The van der Waals surface area contributed by atoms with Crippen LogP contribution in [0.1, 0.15) is 26.2 Å². The van der Waals surface area contributed by atoms with Gasteiger partial charge >= 0.3 is 5.97 Å². The molecule has 0 saturated carbocycles. The Labute approximate surface area is 128 Å². The molecule has 9 nitrogen and oxygen atoms in total. The highest BCUT2D eigenvalue weighted by atomic mass is 16.9. The highest BCUT2D eigenvalue weighted by molar-refractivity contribution is 6.32. The number of piperazine rings is 1. The SMILES string of the molecule is CCC(CC(=O)C(=O)O)N1CCN(CCCO[N+](=O)[O-])CC1. The normalized spacial score (nSPS) is 17.9. The van der Waals surface area contributed by atoms with Crippen LogP contribution < -0.4 is 0 Å². The van der Waals surface area contributed by atoms with Crippen LogP contribution in [0.4, 0.5) is 0 Å². The van der Waals surface area contributed by atoms with E-state index in [2.05, 4.69) is 14.6 Å². The first-order chi connectivity index (χ1) is 10.4. The molecule has 0 aromatic rings. The van der Waals surface area contributed by atoms with Crippen molar-refractivity contribution in [3.63, 3.8) is 0 Å². The van der Waals surface area contributed by atoms with Gasteiger partial charge in [-0.3, -0.25) is 9.69 Å². The molecule has 0 bridgehead atoms. The van der Waals surface area contributed by atoms with E-state index in [4.69, 9.17) is 5.11 Å². The van der Waals surface area contributed by atoms with Crippen LogP contribution in [0.2, 0.25) is 0 Å². The van der Waals surface area contributed by atoms with Gasteiger partial charge in [-0.1, -0.05) is 6.92 Å². The van der Waals surface area contributed by atoms with Gasteiger partial charge in [0.15, 0.2) is 0 Å². The van der Waals surface area contributed by atoms with Crippen LogP contribution in [0, 0.1) is 10.1 Å². The first-order valence-electron chi connectivity index (χ1n) is 7.43. The number of carboxylic acids is 1. The highest BCUT2D eigenvalue weighted by Gasteiger charge is 2.26. The number of carbonyl (C=O) groups is 2. The first kappa shape index (κ1) is 18.3. The van der Waals surface area contributed by atoms with Gasteiger partial charge in [-0.05, 0) is 12.8 Å². The molecule has 126 valence electrons. The molecular formula is C13H23N3O6. The number of hydrogen-bond donors (Lipinski definition) is 1. The molecule has 1 N–H and O–H groups in total. The molecular weight excluding hydrogens is 294 g/mol. The summed E-state index contributed by atoms with van der Waals surface area (Å²) in [4.78, 5) is 40.6. The van der Waals surface area contributed by atoms with E-state index in [0.29, 0.717) is 6.42 Å². The van der Waals surface area contributed by atoms with Crippen molar-refractivity contribution in [2.24, 2.45) is 0 Å². The molecule has 0 spiro atoms. The average Bonchev–Trinajstić information content (AvgIpc) is 2.49. The smallest absolute Gasteiger partial charge is 0.372 e. The minimum absolute atomic E-state index is 0.0384. The van der Waals surface area contributed by atoms with E-state index in [1.165, 1.54) is 0 Å². The van der Waals surface area contributed by atoms with E-state index in [-0.39, 0.29) is 19.1 Å². The molecule has 0 radical (unpaired) electrons. The number of nitrogens with zero attached hydrogens (tertiary/aromatic N) is 3. The standard InChI is InChI=1S/C13H23N3O6/c1-2-11(10-12(17)13(18)19)15-7-5-14(6-8-15)4-3-9-22-16(20)21/h11H,2-10H2,1H3,(H,18,19). The van der Waals surface area contributed by atoms with Crippen molar-refractivity contribution in [2.75, 3.05) is 39.3 Å². The number of Topliss-reactive ketones (excluding diaryl/α,β-unsaturated/α-hetero) is 1. The van der Waals surface area contributed by atoms with E-state index in [1.54, 1.807) is 0 Å². The molecule has 9 heteroatoms. The maximum Gasteiger partial charge on any atom is 0.372 e. The lowest BCUT2D eigenvalue weighted by Crippen LogP contribution is -2.51. The van der Waals surface area contributed by atoms with Gasteiger partial charge in [-0.25, -0.2) is 4.79 Å². The lowest BCUT2D eigenvalue weighted by Gasteiger charge is -2.38. The third kappa shape index (κ3) is 6.35. The summed E-state index contributed by atoms with van der Waals surface area (Å²) in [6.45, 7) is 5.90. The van der Waals surface area contributed by atoms with Gasteiger partial charge in [-0.15, -0.1) is 10.1 Å². The second-order valence-corrected chi connectivity index (χ2v) is 5.28. The number of rotatable bonds is 10. The van der Waals surface area contributed by atoms with Gasteiger partial charge in [0.05, 0.1) is 6.61 Å². The zero-order valence-electron chi connectivity index (χ0n) is 12.8. The van der Waals surface area contributed by atoms with E-state index in [0.717, 1.165) is 39.1 Å². The Morgan fingerprint density at radius 1 is 1.32 bits per heavy atom. The summed E-state index contributed by atoms with van der Waals surface area (Å²) in [5.74, 6) is -2.12. The van der Waals surface area contributed by atoms with Crippen LogP contribution in [0.3, 0.4) is 0 Å². The minimum atomic E-state index is -1.37. The summed E-state index contributed by atoms with van der Waals surface area (Å²) in [6.07, 6.45) is 1.37. The van der Waals surface area contributed by atoms with Crippen molar-refractivity contribution in [2.45, 2.75) is 32.2 Å². The summed E-state index contributed by atoms with van der Waals surface area (Å²) in [7, 11) is 0. The molecule has 1 fully saturated rings. The van der Waals surface area contributed by atoms with Gasteiger partial charge < -0.3 is 14.8 Å². The Balaban J connectivity index is 2.29. The van der Waals surface area contributed by atoms with E-state index >= 15 is 0 Å². The van der Waals surface area contributed by atoms with E-state index in [1.807, 2.05) is 6.92 Å². The van der Waals surface area contributed by atoms with Gasteiger partial charge in [-0.2, -0.15) is 0 Å². The lowest BCUT2D eigenvalue weighted by atomic mass is 10.0. The quantitative estimate of drug-likeness (QED) is 0.260. The van der Waals surface area contributed by atoms with Crippen molar-refractivity contribution in [3.8, 4) is 0 Å². The summed E-state index contributed by atoms with van der Waals surface area (Å²) >= 11 is 0. The molecule has 1 heterocycles. The van der Waals surface area contributed by atoms with E-state index < -0.39 is 16.8 Å². The summed E-state index contributed by atoms with van der Waals surface area (Å²) < 4.78 is 0. The van der Waals surface area contributed by atoms with Crippen molar-refractivity contribution >= 4 is 11.8 Å². The average molecular weight is 317 g/mol. The third-order valence-electron chi connectivity index (χ3n) is 3.87. The fourth-order valence-electron chi connectivity index (χ4n) is 2.61. The summed E-state index contributed by atoms with van der Waals surface area (Å²) in [5.41, 5.74) is 0. The molecule has 0 aromatic carbocycles. The first-order valence-corrected chi connectivity index (χ1v) is 7.43. The Kier molecular flexibility index (Phi) is 7.75. The van der Waals surface area contributed by atoms with Crippen molar-refractivity contribution in [1.82, 2.24) is 9.80 Å². The van der Waals surface area contributed by atoms with Crippen LogP contribution in [-0.4, -0.2) is 77.1 Å². The monoisotopic (exact) mass is 317 g/mol. The van der Waals surface area contributed by atoms with Gasteiger partial charge in [0.1, 0.15) is 0 Å². The van der Waals surface area contributed by atoms with Crippen LogP contribution in [-0.2, 0) is 14.4 Å². The number of hydrogen-bond acceptors (Lipinski definition) is 7. The van der Waals surface area contributed by atoms with Crippen LogP contribution in [0.15, 0.2) is 0 Å². The Hall–Kier alpha value is -1.74. The zero-order chi connectivity index (χ0) is 16.5. The molecule has 0 aliphatic carbocycles. The second-order valence-electron chi connectivity index (χ2n) is 5.28. The number of carboxylic acid groups (broad SMARTS) is 1. The Morgan fingerprint density at radius 2 is 1.95 bits per heavy atom. The summed E-state index contributed by atoms with van der Waals surface area (Å²) in [6, 6.07) is -0.0384. The van der Waals surface area contributed by atoms with Gasteiger partial charge in [0.25, 0.3) is 5.09 Å². The molecule has 1 unspecified atom stereocenters. The van der Waals surface area contributed by atoms with Gasteiger partial charge in [0, 0.05) is 45.2 Å². The van der Waals surface area contributed by atoms with Crippen molar-refractivity contribution < 1.29 is 24.6 Å². The van der Waals surface area contributed by atoms with Crippen LogP contribution in [0.5, 0.6) is 0 Å². The second kappa shape index (κ2) is 9.31. The zero-order valence-corrected chi connectivity index (χ0v) is 12.8. The maximum absolute atomic E-state index is 11.3. The third-order valence-corrected chi connectivity index (χ3v) is 3.87. The minimum Gasteiger partial charge on any atom is -0.476 e. The van der Waals surface area contributed by atoms with Crippen LogP contribution >= 0.6 is 0 Å². The topological polar surface area (TPSA) is 113 Å². The van der Waals surface area contributed by atoms with Crippen molar-refractivity contribution in [3.05, 3.63) is 10.1 Å². The van der Waals surface area contributed by atoms with Crippen molar-refractivity contribution in [1.29, 1.82) is 0 Å². The Bertz CT molecular complexity index is 395.